The molecule has 5 nitrogen and oxygen atoms in total. The van der Waals surface area contributed by atoms with Crippen LogP contribution in [0.5, 0.6) is 0 Å². The molecular formula is C14H17N3O2. The minimum Gasteiger partial charge on any atom is -0.328 e. The normalized spacial score (nSPS) is 20.8. The number of hydrogen-bond acceptors (Lipinski definition) is 3. The molecule has 2 rings (SSSR count). The van der Waals surface area contributed by atoms with Gasteiger partial charge in [-0.15, -0.1) is 0 Å². The van der Waals surface area contributed by atoms with Crippen molar-refractivity contribution in [3.8, 4) is 0 Å². The van der Waals surface area contributed by atoms with Gasteiger partial charge < -0.3 is 11.1 Å². The third-order valence-corrected chi connectivity index (χ3v) is 2.95. The van der Waals surface area contributed by atoms with E-state index in [1.807, 2.05) is 19.1 Å². The summed E-state index contributed by atoms with van der Waals surface area (Å²) in [6.45, 7) is 3.75. The van der Waals surface area contributed by atoms with Crippen LogP contribution in [0.2, 0.25) is 0 Å². The summed E-state index contributed by atoms with van der Waals surface area (Å²) in [5, 5.41) is 2.65. The molecule has 1 aromatic rings. The molecule has 1 aromatic carbocycles. The first-order valence-corrected chi connectivity index (χ1v) is 6.22. The Morgan fingerprint density at radius 1 is 1.32 bits per heavy atom. The fraction of sp³-hybridized carbons (Fsp3) is 0.357. The lowest BCUT2D eigenvalue weighted by Crippen LogP contribution is -2.44. The number of aliphatic imine (C=N–C) groups is 1. The van der Waals surface area contributed by atoms with E-state index in [0.29, 0.717) is 17.8 Å². The number of benzene rings is 1. The number of rotatable bonds is 3. The summed E-state index contributed by atoms with van der Waals surface area (Å²) in [5.74, 6) is -1.26. The molecule has 2 unspecified atom stereocenters. The van der Waals surface area contributed by atoms with Gasteiger partial charge in [0.1, 0.15) is 11.8 Å². The summed E-state index contributed by atoms with van der Waals surface area (Å²) < 4.78 is 0. The van der Waals surface area contributed by atoms with E-state index in [2.05, 4.69) is 10.3 Å². The van der Waals surface area contributed by atoms with E-state index < -0.39 is 11.8 Å². The van der Waals surface area contributed by atoms with E-state index in [9.17, 15) is 9.59 Å². The lowest BCUT2D eigenvalue weighted by atomic mass is 9.95. The number of nitrogens with one attached hydrogen (secondary N) is 1. The molecule has 0 radical (unpaired) electrons. The number of aryl methyl sites for hydroxylation is 1. The fourth-order valence-electron chi connectivity index (χ4n) is 2.01. The number of carbonyl (C=O) groups is 2. The molecule has 0 bridgehead atoms. The highest BCUT2D eigenvalue weighted by Crippen LogP contribution is 2.21. The minimum atomic E-state index is -0.850. The molecule has 0 saturated heterocycles. The van der Waals surface area contributed by atoms with Crippen molar-refractivity contribution in [2.24, 2.45) is 10.7 Å². The maximum absolute atomic E-state index is 12.0. The Morgan fingerprint density at radius 3 is 2.47 bits per heavy atom. The van der Waals surface area contributed by atoms with Crippen LogP contribution >= 0.6 is 0 Å². The van der Waals surface area contributed by atoms with Crippen molar-refractivity contribution in [3.05, 3.63) is 35.4 Å². The van der Waals surface area contributed by atoms with E-state index >= 15 is 0 Å². The molecule has 0 aromatic heterocycles. The van der Waals surface area contributed by atoms with Crippen LogP contribution in [-0.4, -0.2) is 23.7 Å². The first-order valence-electron chi connectivity index (χ1n) is 6.22. The summed E-state index contributed by atoms with van der Waals surface area (Å²) >= 11 is 0. The van der Waals surface area contributed by atoms with Crippen molar-refractivity contribution < 1.29 is 9.59 Å². The molecule has 1 aliphatic rings. The maximum atomic E-state index is 12.0. The Hall–Kier alpha value is -2.01. The number of carbonyl (C=O) groups excluding carboxylic acids is 2. The van der Waals surface area contributed by atoms with Crippen LogP contribution in [0, 0.1) is 6.92 Å². The van der Waals surface area contributed by atoms with Gasteiger partial charge in [0.2, 0.25) is 5.91 Å². The molecule has 0 aliphatic carbocycles. The van der Waals surface area contributed by atoms with Crippen molar-refractivity contribution in [1.29, 1.82) is 0 Å². The second-order valence-corrected chi connectivity index (χ2v) is 4.91. The molecule has 0 fully saturated rings. The number of hydrogen-bond donors (Lipinski definition) is 2. The number of nitrogens with two attached hydrogens (primary N) is 1. The SMILES string of the molecule is Cc1ccc(C2C(=O)N=C(CC(C)N)NC2=O)cc1. The summed E-state index contributed by atoms with van der Waals surface area (Å²) in [6.07, 6.45) is 0.387. The maximum Gasteiger partial charge on any atom is 0.264 e. The van der Waals surface area contributed by atoms with Gasteiger partial charge in [-0.2, -0.15) is 4.99 Å². The first kappa shape index (κ1) is 13.4. The van der Waals surface area contributed by atoms with E-state index in [-0.39, 0.29) is 11.9 Å². The van der Waals surface area contributed by atoms with E-state index in [1.54, 1.807) is 19.1 Å². The molecule has 3 N–H and O–H groups in total. The molecule has 1 aliphatic heterocycles. The van der Waals surface area contributed by atoms with Gasteiger partial charge in [0.25, 0.3) is 5.91 Å². The Bertz CT molecular complexity index is 532. The number of amidine groups is 1. The Balaban J connectivity index is 2.25. The van der Waals surface area contributed by atoms with Crippen LogP contribution in [0.15, 0.2) is 29.3 Å². The van der Waals surface area contributed by atoms with Crippen molar-refractivity contribution in [2.45, 2.75) is 32.2 Å². The average molecular weight is 259 g/mol. The standard InChI is InChI=1S/C14H17N3O2/c1-8-3-5-10(6-4-8)12-13(18)16-11(7-9(2)15)17-14(12)19/h3-6,9,12H,7,15H2,1-2H3,(H,16,17,18,19). The Kier molecular flexibility index (Phi) is 3.76. The van der Waals surface area contributed by atoms with Crippen LogP contribution in [-0.2, 0) is 9.59 Å². The van der Waals surface area contributed by atoms with E-state index in [0.717, 1.165) is 5.56 Å². The quantitative estimate of drug-likeness (QED) is 0.790. The zero-order chi connectivity index (χ0) is 14.0. The lowest BCUT2D eigenvalue weighted by Gasteiger charge is -2.21. The smallest absolute Gasteiger partial charge is 0.264 e. The van der Waals surface area contributed by atoms with Crippen molar-refractivity contribution in [3.63, 3.8) is 0 Å². The van der Waals surface area contributed by atoms with Crippen LogP contribution in [0.1, 0.15) is 30.4 Å². The molecule has 19 heavy (non-hydrogen) atoms. The molecule has 0 saturated carbocycles. The molecule has 100 valence electrons. The Labute approximate surface area is 111 Å². The highest BCUT2D eigenvalue weighted by Gasteiger charge is 2.33. The molecule has 0 spiro atoms. The molecule has 5 heteroatoms. The highest BCUT2D eigenvalue weighted by molar-refractivity contribution is 6.19. The second kappa shape index (κ2) is 5.32. The zero-order valence-corrected chi connectivity index (χ0v) is 11.0. The van der Waals surface area contributed by atoms with Gasteiger partial charge in [-0.05, 0) is 19.4 Å². The summed E-state index contributed by atoms with van der Waals surface area (Å²) in [7, 11) is 0. The van der Waals surface area contributed by atoms with Crippen LogP contribution in [0.3, 0.4) is 0 Å². The summed E-state index contributed by atoms with van der Waals surface area (Å²) in [4.78, 5) is 27.9. The van der Waals surface area contributed by atoms with Crippen LogP contribution in [0.4, 0.5) is 0 Å². The van der Waals surface area contributed by atoms with Gasteiger partial charge >= 0.3 is 0 Å². The molecular weight excluding hydrogens is 242 g/mol. The third kappa shape index (κ3) is 3.06. The zero-order valence-electron chi connectivity index (χ0n) is 11.0. The summed E-state index contributed by atoms with van der Waals surface area (Å²) in [6, 6.07) is 7.16. The van der Waals surface area contributed by atoms with Gasteiger partial charge in [0.15, 0.2) is 0 Å². The van der Waals surface area contributed by atoms with E-state index in [4.69, 9.17) is 5.73 Å². The van der Waals surface area contributed by atoms with Crippen molar-refractivity contribution >= 4 is 17.6 Å². The van der Waals surface area contributed by atoms with Crippen molar-refractivity contribution in [1.82, 2.24) is 5.32 Å². The fourth-order valence-corrected chi connectivity index (χ4v) is 2.01. The van der Waals surface area contributed by atoms with Crippen molar-refractivity contribution in [2.75, 3.05) is 0 Å². The number of amides is 2. The van der Waals surface area contributed by atoms with Gasteiger partial charge in [0.05, 0.1) is 0 Å². The second-order valence-electron chi connectivity index (χ2n) is 4.91. The largest absolute Gasteiger partial charge is 0.328 e. The predicted molar refractivity (Wildman–Crippen MR) is 72.8 cm³/mol. The highest BCUT2D eigenvalue weighted by atomic mass is 16.2. The monoisotopic (exact) mass is 259 g/mol. The van der Waals surface area contributed by atoms with Crippen LogP contribution in [0.25, 0.3) is 0 Å². The number of nitrogens with zero attached hydrogens (tertiary/aromatic N) is 1. The van der Waals surface area contributed by atoms with Gasteiger partial charge in [-0.3, -0.25) is 9.59 Å². The lowest BCUT2D eigenvalue weighted by molar-refractivity contribution is -0.129. The topological polar surface area (TPSA) is 84.6 Å². The van der Waals surface area contributed by atoms with E-state index in [1.165, 1.54) is 0 Å². The van der Waals surface area contributed by atoms with Crippen LogP contribution < -0.4 is 11.1 Å². The third-order valence-electron chi connectivity index (χ3n) is 2.95. The first-order chi connectivity index (χ1) is 8.97. The molecule has 1 heterocycles. The average Bonchev–Trinajstić information content (AvgIpc) is 2.29. The van der Waals surface area contributed by atoms with Gasteiger partial charge in [-0.25, -0.2) is 0 Å². The minimum absolute atomic E-state index is 0.150. The predicted octanol–water partition coefficient (Wildman–Crippen LogP) is 0.871. The molecule has 2 atom stereocenters. The molecule has 2 amide bonds. The summed E-state index contributed by atoms with van der Waals surface area (Å²) in [5.41, 5.74) is 7.37. The van der Waals surface area contributed by atoms with Gasteiger partial charge in [-0.1, -0.05) is 29.8 Å². The van der Waals surface area contributed by atoms with Gasteiger partial charge in [0, 0.05) is 12.5 Å². The Morgan fingerprint density at radius 2 is 1.95 bits per heavy atom.